The fraction of sp³-hybridized carbons (Fsp3) is 0.357. The minimum Gasteiger partial charge on any atom is -0.486 e. The molecule has 1 aromatic heterocycles. The molecule has 0 atom stereocenters. The SMILES string of the molecule is CCc1cc(COc2ccc(C)cc2S(=O)(=O)Cl)n(C)n1. The van der Waals surface area contributed by atoms with Gasteiger partial charge in [0.15, 0.2) is 0 Å². The molecule has 1 aromatic carbocycles. The van der Waals surface area contributed by atoms with Crippen molar-refractivity contribution in [1.82, 2.24) is 9.78 Å². The average molecular weight is 329 g/mol. The van der Waals surface area contributed by atoms with Crippen LogP contribution >= 0.6 is 10.7 Å². The maximum atomic E-state index is 11.6. The summed E-state index contributed by atoms with van der Waals surface area (Å²) in [5, 5.41) is 4.32. The Morgan fingerprint density at radius 1 is 1.33 bits per heavy atom. The summed E-state index contributed by atoms with van der Waals surface area (Å²) < 4.78 is 30.5. The number of benzene rings is 1. The molecule has 0 radical (unpaired) electrons. The lowest BCUT2D eigenvalue weighted by molar-refractivity contribution is 0.287. The molecule has 0 bridgehead atoms. The van der Waals surface area contributed by atoms with Crippen LogP contribution in [0.25, 0.3) is 0 Å². The first-order valence-corrected chi connectivity index (χ1v) is 8.82. The zero-order valence-corrected chi connectivity index (χ0v) is 13.7. The summed E-state index contributed by atoms with van der Waals surface area (Å²) in [7, 11) is 3.43. The van der Waals surface area contributed by atoms with E-state index in [0.29, 0.717) is 0 Å². The van der Waals surface area contributed by atoms with E-state index in [1.165, 1.54) is 6.07 Å². The Hall–Kier alpha value is -1.53. The van der Waals surface area contributed by atoms with Crippen LogP contribution in [0.1, 0.15) is 23.9 Å². The highest BCUT2D eigenvalue weighted by atomic mass is 35.7. The fourth-order valence-corrected chi connectivity index (χ4v) is 3.01. The number of nitrogens with zero attached hydrogens (tertiary/aromatic N) is 2. The van der Waals surface area contributed by atoms with Crippen LogP contribution in [-0.2, 0) is 29.1 Å². The molecule has 0 aliphatic carbocycles. The minimum absolute atomic E-state index is 0.0120. The number of hydrogen-bond donors (Lipinski definition) is 0. The first-order valence-electron chi connectivity index (χ1n) is 6.51. The lowest BCUT2D eigenvalue weighted by atomic mass is 10.2. The molecule has 0 N–H and O–H groups in total. The number of halogens is 1. The summed E-state index contributed by atoms with van der Waals surface area (Å²) in [5.74, 6) is 0.245. The molecular weight excluding hydrogens is 312 g/mol. The Morgan fingerprint density at radius 2 is 2.05 bits per heavy atom. The molecule has 0 saturated carbocycles. The van der Waals surface area contributed by atoms with Gasteiger partial charge in [-0.3, -0.25) is 4.68 Å². The van der Waals surface area contributed by atoms with Crippen LogP contribution in [0.2, 0.25) is 0 Å². The Labute approximate surface area is 128 Å². The van der Waals surface area contributed by atoms with Gasteiger partial charge in [0.2, 0.25) is 0 Å². The van der Waals surface area contributed by atoms with Crippen molar-refractivity contribution in [2.45, 2.75) is 31.8 Å². The van der Waals surface area contributed by atoms with E-state index in [2.05, 4.69) is 5.10 Å². The van der Waals surface area contributed by atoms with Crippen LogP contribution in [-0.4, -0.2) is 18.2 Å². The molecule has 0 fully saturated rings. The van der Waals surface area contributed by atoms with Gasteiger partial charge in [-0.1, -0.05) is 13.0 Å². The van der Waals surface area contributed by atoms with Crippen LogP contribution in [0.4, 0.5) is 0 Å². The summed E-state index contributed by atoms with van der Waals surface area (Å²) in [6.07, 6.45) is 0.833. The van der Waals surface area contributed by atoms with Crippen molar-refractivity contribution < 1.29 is 13.2 Å². The van der Waals surface area contributed by atoms with Gasteiger partial charge in [0, 0.05) is 17.7 Å². The van der Waals surface area contributed by atoms with E-state index in [0.717, 1.165) is 23.4 Å². The second-order valence-corrected chi connectivity index (χ2v) is 7.32. The van der Waals surface area contributed by atoms with Gasteiger partial charge in [-0.15, -0.1) is 0 Å². The molecule has 2 rings (SSSR count). The Bertz CT molecular complexity index is 754. The number of hydrogen-bond acceptors (Lipinski definition) is 4. The van der Waals surface area contributed by atoms with E-state index < -0.39 is 9.05 Å². The summed E-state index contributed by atoms with van der Waals surface area (Å²) in [5.41, 5.74) is 2.63. The van der Waals surface area contributed by atoms with Crippen LogP contribution in [0, 0.1) is 6.92 Å². The summed E-state index contributed by atoms with van der Waals surface area (Å²) in [4.78, 5) is -0.0120. The minimum atomic E-state index is -3.85. The van der Waals surface area contributed by atoms with Crippen molar-refractivity contribution in [3.8, 4) is 5.75 Å². The van der Waals surface area contributed by atoms with Gasteiger partial charge in [-0.25, -0.2) is 8.42 Å². The molecule has 0 unspecified atom stereocenters. The lowest BCUT2D eigenvalue weighted by Gasteiger charge is -2.10. The zero-order chi connectivity index (χ0) is 15.6. The van der Waals surface area contributed by atoms with E-state index >= 15 is 0 Å². The monoisotopic (exact) mass is 328 g/mol. The predicted molar refractivity (Wildman–Crippen MR) is 81.1 cm³/mol. The second-order valence-electron chi connectivity index (χ2n) is 4.78. The molecule has 0 saturated heterocycles. The number of aromatic nitrogens is 2. The van der Waals surface area contributed by atoms with Crippen LogP contribution < -0.4 is 4.74 Å². The Morgan fingerprint density at radius 3 is 2.62 bits per heavy atom. The van der Waals surface area contributed by atoms with E-state index in [4.69, 9.17) is 15.4 Å². The van der Waals surface area contributed by atoms with Crippen molar-refractivity contribution in [2.24, 2.45) is 7.05 Å². The van der Waals surface area contributed by atoms with E-state index in [1.54, 1.807) is 23.7 Å². The molecule has 7 heteroatoms. The number of ether oxygens (including phenoxy) is 1. The summed E-state index contributed by atoms with van der Waals surface area (Å²) in [6, 6.07) is 6.82. The van der Waals surface area contributed by atoms with E-state index in [-0.39, 0.29) is 17.3 Å². The third-order valence-electron chi connectivity index (χ3n) is 3.13. The maximum Gasteiger partial charge on any atom is 0.264 e. The van der Waals surface area contributed by atoms with Crippen molar-refractivity contribution in [1.29, 1.82) is 0 Å². The molecular formula is C14H17ClN2O3S. The largest absolute Gasteiger partial charge is 0.486 e. The first-order chi connectivity index (χ1) is 9.81. The van der Waals surface area contributed by atoms with Crippen molar-refractivity contribution in [3.63, 3.8) is 0 Å². The van der Waals surface area contributed by atoms with Gasteiger partial charge in [-0.05, 0) is 37.1 Å². The van der Waals surface area contributed by atoms with Gasteiger partial charge in [0.05, 0.1) is 11.4 Å². The van der Waals surface area contributed by atoms with E-state index in [1.807, 2.05) is 20.0 Å². The van der Waals surface area contributed by atoms with Gasteiger partial charge >= 0.3 is 0 Å². The third kappa shape index (κ3) is 3.77. The molecule has 0 spiro atoms. The normalized spacial score (nSPS) is 11.6. The fourth-order valence-electron chi connectivity index (χ4n) is 1.96. The number of aryl methyl sites for hydroxylation is 3. The molecule has 0 aliphatic rings. The zero-order valence-electron chi connectivity index (χ0n) is 12.1. The average Bonchev–Trinajstić information content (AvgIpc) is 2.77. The highest BCUT2D eigenvalue weighted by Gasteiger charge is 2.17. The van der Waals surface area contributed by atoms with Crippen molar-refractivity contribution in [3.05, 3.63) is 41.2 Å². The van der Waals surface area contributed by atoms with Crippen molar-refractivity contribution in [2.75, 3.05) is 0 Å². The number of rotatable bonds is 5. The molecule has 0 aliphatic heterocycles. The Balaban J connectivity index is 2.26. The predicted octanol–water partition coefficient (Wildman–Crippen LogP) is 2.80. The molecule has 0 amide bonds. The van der Waals surface area contributed by atoms with Crippen molar-refractivity contribution >= 4 is 19.7 Å². The Kier molecular flexibility index (Phi) is 4.58. The molecule has 2 aromatic rings. The summed E-state index contributed by atoms with van der Waals surface area (Å²) >= 11 is 0. The summed E-state index contributed by atoms with van der Waals surface area (Å²) in [6.45, 7) is 4.04. The smallest absolute Gasteiger partial charge is 0.264 e. The molecule has 114 valence electrons. The molecule has 5 nitrogen and oxygen atoms in total. The first kappa shape index (κ1) is 15.9. The van der Waals surface area contributed by atoms with Crippen LogP contribution in [0.3, 0.4) is 0 Å². The maximum absolute atomic E-state index is 11.6. The topological polar surface area (TPSA) is 61.2 Å². The van der Waals surface area contributed by atoms with Gasteiger partial charge in [0.1, 0.15) is 17.3 Å². The molecule has 21 heavy (non-hydrogen) atoms. The molecule has 1 heterocycles. The second kappa shape index (κ2) is 6.07. The lowest BCUT2D eigenvalue weighted by Crippen LogP contribution is -2.05. The van der Waals surface area contributed by atoms with Gasteiger partial charge in [0.25, 0.3) is 9.05 Å². The third-order valence-corrected chi connectivity index (χ3v) is 4.47. The van der Waals surface area contributed by atoms with Gasteiger partial charge in [-0.2, -0.15) is 5.10 Å². The highest BCUT2D eigenvalue weighted by Crippen LogP contribution is 2.28. The quantitative estimate of drug-likeness (QED) is 0.792. The van der Waals surface area contributed by atoms with Crippen LogP contribution in [0.5, 0.6) is 5.75 Å². The van der Waals surface area contributed by atoms with Gasteiger partial charge < -0.3 is 4.74 Å². The standard InChI is InChI=1S/C14H17ClN2O3S/c1-4-11-8-12(17(3)16-11)9-20-13-6-5-10(2)7-14(13)21(15,18)19/h5-8H,4,9H2,1-3H3. The van der Waals surface area contributed by atoms with E-state index in [9.17, 15) is 8.42 Å². The highest BCUT2D eigenvalue weighted by molar-refractivity contribution is 8.13. The van der Waals surface area contributed by atoms with Crippen LogP contribution in [0.15, 0.2) is 29.2 Å².